The summed E-state index contributed by atoms with van der Waals surface area (Å²) < 4.78 is 94.7. The Kier molecular flexibility index (Phi) is 9.73. The zero-order valence-electron chi connectivity index (χ0n) is 29.3. The number of thioether (sulfide) groups is 1. The van der Waals surface area contributed by atoms with Crippen LogP contribution < -0.4 is 4.74 Å². The van der Waals surface area contributed by atoms with Crippen molar-refractivity contribution in [2.45, 2.75) is 56.1 Å². The Morgan fingerprint density at radius 2 is 1.76 bits per heavy atom. The highest BCUT2D eigenvalue weighted by molar-refractivity contribution is 7.98. The molecule has 8 bridgehead atoms. The SMILES string of the molecule is Cc1c(C(=O)O)n2c3ccc(Cl)c(c13)-c1c(nn(C)c1C)CN(S(=O)(=O)C(F)(F)F)Cc1cc(n(C)n1)CSc1cc(c3ccc(F)cc3c1)OCCC2. The Bertz CT molecular complexity index is 2600. The van der Waals surface area contributed by atoms with Gasteiger partial charge in [0.25, 0.3) is 0 Å². The van der Waals surface area contributed by atoms with Crippen LogP contribution in [0.2, 0.25) is 5.02 Å². The number of aromatic carboxylic acids is 1. The zero-order valence-corrected chi connectivity index (χ0v) is 31.7. The predicted octanol–water partition coefficient (Wildman–Crippen LogP) is 7.96. The maximum absolute atomic E-state index is 14.3. The van der Waals surface area contributed by atoms with Gasteiger partial charge in [0.2, 0.25) is 0 Å². The molecule has 6 aromatic rings. The van der Waals surface area contributed by atoms with Crippen molar-refractivity contribution in [3.8, 4) is 16.9 Å². The molecule has 54 heavy (non-hydrogen) atoms. The first-order valence-electron chi connectivity index (χ1n) is 16.6. The van der Waals surface area contributed by atoms with Crippen LogP contribution in [0.4, 0.5) is 17.6 Å². The molecule has 18 heteroatoms. The molecule has 0 amide bonds. The molecule has 0 saturated carbocycles. The number of nitrogens with zero attached hydrogens (tertiary/aromatic N) is 6. The molecule has 1 aliphatic rings. The summed E-state index contributed by atoms with van der Waals surface area (Å²) in [5.41, 5.74) is -3.14. The summed E-state index contributed by atoms with van der Waals surface area (Å²) in [7, 11) is -2.75. The van der Waals surface area contributed by atoms with Gasteiger partial charge in [0.1, 0.15) is 17.3 Å². The van der Waals surface area contributed by atoms with E-state index in [-0.39, 0.29) is 50.9 Å². The third-order valence-corrected chi connectivity index (χ3v) is 12.5. The van der Waals surface area contributed by atoms with Crippen LogP contribution in [0.25, 0.3) is 32.8 Å². The number of aromatic nitrogens is 5. The number of fused-ring (bicyclic) bond motifs is 8. The van der Waals surface area contributed by atoms with E-state index in [0.717, 1.165) is 0 Å². The van der Waals surface area contributed by atoms with E-state index in [2.05, 4.69) is 10.2 Å². The average molecular weight is 805 g/mol. The number of alkyl halides is 3. The van der Waals surface area contributed by atoms with Crippen molar-refractivity contribution in [2.75, 3.05) is 6.61 Å². The van der Waals surface area contributed by atoms with E-state index in [1.165, 1.54) is 39.3 Å². The van der Waals surface area contributed by atoms with Gasteiger partial charge in [0.05, 0.1) is 31.1 Å². The van der Waals surface area contributed by atoms with E-state index in [9.17, 15) is 35.9 Å². The Morgan fingerprint density at radius 3 is 2.48 bits per heavy atom. The normalized spacial score (nSPS) is 15.0. The van der Waals surface area contributed by atoms with E-state index in [1.54, 1.807) is 62.8 Å². The topological polar surface area (TPSA) is 124 Å². The average Bonchev–Trinajstić information content (AvgIpc) is 3.69. The summed E-state index contributed by atoms with van der Waals surface area (Å²) in [4.78, 5) is 13.5. The number of sulfonamides is 1. The molecular formula is C36H33ClF4N6O5S2. The largest absolute Gasteiger partial charge is 0.511 e. The quantitative estimate of drug-likeness (QED) is 0.175. The number of benzene rings is 3. The van der Waals surface area contributed by atoms with Crippen LogP contribution >= 0.6 is 23.4 Å². The highest BCUT2D eigenvalue weighted by Crippen LogP contribution is 2.43. The van der Waals surface area contributed by atoms with Crippen LogP contribution in [0, 0.1) is 19.7 Å². The van der Waals surface area contributed by atoms with Gasteiger partial charge in [-0.2, -0.15) is 27.7 Å². The zero-order chi connectivity index (χ0) is 38.9. The number of rotatable bonds is 2. The van der Waals surface area contributed by atoms with E-state index in [0.29, 0.717) is 61.3 Å². The highest BCUT2D eigenvalue weighted by atomic mass is 35.5. The number of hydrogen-bond donors (Lipinski definition) is 1. The maximum atomic E-state index is 14.3. The fourth-order valence-electron chi connectivity index (χ4n) is 7.03. The van der Waals surface area contributed by atoms with Crippen molar-refractivity contribution in [2.24, 2.45) is 14.1 Å². The molecule has 0 aliphatic carbocycles. The monoisotopic (exact) mass is 804 g/mol. The smallest absolute Gasteiger partial charge is 0.493 e. The Hall–Kier alpha value is -4.58. The van der Waals surface area contributed by atoms with Gasteiger partial charge < -0.3 is 14.4 Å². The van der Waals surface area contributed by atoms with Crippen LogP contribution in [0.1, 0.15) is 45.2 Å². The first-order chi connectivity index (χ1) is 25.5. The molecular weight excluding hydrogens is 772 g/mol. The van der Waals surface area contributed by atoms with Crippen LogP contribution in [0.5, 0.6) is 5.75 Å². The number of aryl methyl sites for hydroxylation is 4. The number of carboxylic acids is 1. The Labute approximate surface area is 316 Å². The minimum Gasteiger partial charge on any atom is -0.493 e. The second-order valence-electron chi connectivity index (χ2n) is 13.0. The maximum Gasteiger partial charge on any atom is 0.511 e. The molecule has 4 heterocycles. The van der Waals surface area contributed by atoms with Gasteiger partial charge >= 0.3 is 21.5 Å². The van der Waals surface area contributed by atoms with Crippen molar-refractivity contribution in [1.29, 1.82) is 0 Å². The predicted molar refractivity (Wildman–Crippen MR) is 197 cm³/mol. The molecule has 0 saturated heterocycles. The number of carboxylic acid groups (broad SMARTS) is 1. The molecule has 0 fully saturated rings. The van der Waals surface area contributed by atoms with Crippen molar-refractivity contribution in [1.82, 2.24) is 28.4 Å². The molecule has 0 spiro atoms. The molecule has 1 aliphatic heterocycles. The van der Waals surface area contributed by atoms with E-state index in [1.807, 2.05) is 0 Å². The van der Waals surface area contributed by atoms with Gasteiger partial charge in [-0.15, -0.1) is 11.8 Å². The fourth-order valence-corrected chi connectivity index (χ4v) is 9.15. The fraction of sp³-hybridized carbons (Fsp3) is 0.306. The molecule has 7 rings (SSSR count). The molecule has 0 radical (unpaired) electrons. The standard InChI is InChI=1S/C36H33ClF4N6O5S2/c1-19-31-29-9-8-27(37)33(31)32-20(2)44(3)43-28(32)17-46(54(50,51)36(39,40)41)16-23-14-24(45(4)42-23)18-53-25-13-21-12-22(38)6-7-26(21)30(15-25)52-11-5-10-47(29)34(19)35(48)49/h6-9,12-15H,5,10-11,16-18H2,1-4H3,(H,48,49). The van der Waals surface area contributed by atoms with Gasteiger partial charge in [-0.25, -0.2) is 17.6 Å². The molecule has 3 aromatic carbocycles. The minimum atomic E-state index is -5.93. The summed E-state index contributed by atoms with van der Waals surface area (Å²) in [6.45, 7) is 2.13. The molecule has 3 aromatic heterocycles. The first kappa shape index (κ1) is 37.7. The number of hydrogen-bond acceptors (Lipinski definition) is 7. The molecule has 1 N–H and O–H groups in total. The van der Waals surface area contributed by atoms with Crippen molar-refractivity contribution in [3.63, 3.8) is 0 Å². The van der Waals surface area contributed by atoms with Crippen LogP contribution in [0.15, 0.2) is 53.4 Å². The van der Waals surface area contributed by atoms with Crippen LogP contribution in [-0.2, 0) is 49.5 Å². The summed E-state index contributed by atoms with van der Waals surface area (Å²) in [5.74, 6) is -0.875. The van der Waals surface area contributed by atoms with Gasteiger partial charge in [0, 0.05) is 75.1 Å². The lowest BCUT2D eigenvalue weighted by molar-refractivity contribution is -0.0494. The minimum absolute atomic E-state index is 0.0185. The number of ether oxygens (including phenoxy) is 1. The van der Waals surface area contributed by atoms with Crippen LogP contribution in [0.3, 0.4) is 0 Å². The van der Waals surface area contributed by atoms with Crippen molar-refractivity contribution in [3.05, 3.63) is 93.4 Å². The highest BCUT2D eigenvalue weighted by Gasteiger charge is 2.50. The van der Waals surface area contributed by atoms with E-state index >= 15 is 0 Å². The van der Waals surface area contributed by atoms with Gasteiger partial charge in [-0.3, -0.25) is 9.36 Å². The summed E-state index contributed by atoms with van der Waals surface area (Å²) in [6, 6.07) is 12.7. The Morgan fingerprint density at radius 1 is 1.00 bits per heavy atom. The lowest BCUT2D eigenvalue weighted by Crippen LogP contribution is -2.40. The van der Waals surface area contributed by atoms with Crippen molar-refractivity contribution < 1.29 is 40.6 Å². The van der Waals surface area contributed by atoms with E-state index in [4.69, 9.17) is 16.3 Å². The lowest BCUT2D eigenvalue weighted by atomic mass is 9.96. The lowest BCUT2D eigenvalue weighted by Gasteiger charge is -2.22. The van der Waals surface area contributed by atoms with E-state index < -0.39 is 40.4 Å². The van der Waals surface area contributed by atoms with Crippen molar-refractivity contribution >= 4 is 61.0 Å². The van der Waals surface area contributed by atoms with Gasteiger partial charge in [-0.05, 0) is 79.7 Å². The number of carbonyl (C=O) groups is 1. The Balaban J connectivity index is 1.44. The molecule has 0 unspecified atom stereocenters. The van der Waals surface area contributed by atoms with Gasteiger partial charge in [0.15, 0.2) is 0 Å². The molecule has 0 atom stereocenters. The summed E-state index contributed by atoms with van der Waals surface area (Å²) >= 11 is 8.22. The second kappa shape index (κ2) is 13.9. The molecule has 11 nitrogen and oxygen atoms in total. The third-order valence-electron chi connectivity index (χ3n) is 9.63. The molecule has 284 valence electrons. The third kappa shape index (κ3) is 6.60. The van der Waals surface area contributed by atoms with Gasteiger partial charge in [-0.1, -0.05) is 11.6 Å². The summed E-state index contributed by atoms with van der Waals surface area (Å²) in [5, 5.41) is 21.1. The number of halogens is 5. The van der Waals surface area contributed by atoms with Crippen LogP contribution in [-0.4, -0.2) is 60.0 Å². The summed E-state index contributed by atoms with van der Waals surface area (Å²) in [6.07, 6.45) is 0.362. The second-order valence-corrected chi connectivity index (χ2v) is 16.4. The first-order valence-corrected chi connectivity index (χ1v) is 19.4.